The number of benzene rings is 1. The highest BCUT2D eigenvalue weighted by Gasteiger charge is 2.46. The van der Waals surface area contributed by atoms with Crippen LogP contribution >= 0.6 is 0 Å². The molecule has 0 aromatic heterocycles. The smallest absolute Gasteiger partial charge is 0.0628 e. The molecule has 0 saturated carbocycles. The number of fused-ring (bicyclic) bond motifs is 1. The Labute approximate surface area is 139 Å². The normalized spacial score (nSPS) is 30.2. The Balaban J connectivity index is 1.84. The zero-order chi connectivity index (χ0) is 16.4. The molecule has 0 bridgehead atoms. The molecule has 2 aliphatic rings. The van der Waals surface area contributed by atoms with Crippen LogP contribution in [0.1, 0.15) is 44.7 Å². The lowest BCUT2D eigenvalue weighted by Gasteiger charge is -2.52. The van der Waals surface area contributed by atoms with E-state index in [9.17, 15) is 10.2 Å². The highest BCUT2D eigenvalue weighted by atomic mass is 16.3. The van der Waals surface area contributed by atoms with E-state index >= 15 is 0 Å². The van der Waals surface area contributed by atoms with Gasteiger partial charge in [0.05, 0.1) is 19.3 Å². The van der Waals surface area contributed by atoms with Crippen molar-refractivity contribution in [3.05, 3.63) is 47.0 Å². The summed E-state index contributed by atoms with van der Waals surface area (Å²) in [5.74, 6) is 0.572. The van der Waals surface area contributed by atoms with Crippen LogP contribution in [-0.4, -0.2) is 41.4 Å². The average Bonchev–Trinajstić information content (AvgIpc) is 2.58. The molecule has 2 N–H and O–H groups in total. The van der Waals surface area contributed by atoms with Crippen molar-refractivity contribution in [2.45, 2.75) is 39.2 Å². The van der Waals surface area contributed by atoms with Crippen molar-refractivity contribution >= 4 is 0 Å². The Bertz CT molecular complexity index is 568. The van der Waals surface area contributed by atoms with Gasteiger partial charge in [-0.05, 0) is 51.1 Å². The van der Waals surface area contributed by atoms with Gasteiger partial charge in [-0.1, -0.05) is 41.5 Å². The molecule has 0 amide bonds. The van der Waals surface area contributed by atoms with Crippen LogP contribution in [0.5, 0.6) is 0 Å². The minimum atomic E-state index is -0.0377. The molecule has 1 aliphatic heterocycles. The lowest BCUT2D eigenvalue weighted by atomic mass is 9.62. The van der Waals surface area contributed by atoms with Gasteiger partial charge in [-0.2, -0.15) is 0 Å². The van der Waals surface area contributed by atoms with Crippen molar-refractivity contribution in [3.8, 4) is 0 Å². The van der Waals surface area contributed by atoms with E-state index in [1.165, 1.54) is 16.7 Å². The van der Waals surface area contributed by atoms with Crippen LogP contribution in [0.2, 0.25) is 0 Å². The van der Waals surface area contributed by atoms with Gasteiger partial charge in [0, 0.05) is 12.0 Å². The molecule has 23 heavy (non-hydrogen) atoms. The third-order valence-electron chi connectivity index (χ3n) is 6.16. The SMILES string of the molecule is CC1=C(C)C[C@]2(CO)CN([C@@H](CO)c3ccccc3)CC[C@@H]2C1. The molecule has 3 atom stereocenters. The highest BCUT2D eigenvalue weighted by Crippen LogP contribution is 2.49. The zero-order valence-corrected chi connectivity index (χ0v) is 14.3. The molecule has 1 heterocycles. The van der Waals surface area contributed by atoms with Crippen molar-refractivity contribution in [3.63, 3.8) is 0 Å². The third kappa shape index (κ3) is 3.10. The van der Waals surface area contributed by atoms with Gasteiger partial charge in [-0.3, -0.25) is 4.90 Å². The van der Waals surface area contributed by atoms with E-state index in [1.807, 2.05) is 18.2 Å². The maximum absolute atomic E-state index is 10.2. The Kier molecular flexibility index (Phi) is 4.90. The standard InChI is InChI=1S/C20H29NO2/c1-15-10-18-8-9-21(13-20(18,14-23)11-16(15)2)19(12-22)17-6-4-3-5-7-17/h3-7,18-19,22-23H,8-14H2,1-2H3/t18-,19+,20-/m1/s1. The molecule has 126 valence electrons. The maximum Gasteiger partial charge on any atom is 0.0628 e. The van der Waals surface area contributed by atoms with Crippen LogP contribution in [0.3, 0.4) is 0 Å². The lowest BCUT2D eigenvalue weighted by Crippen LogP contribution is -2.53. The Morgan fingerprint density at radius 1 is 1.17 bits per heavy atom. The van der Waals surface area contributed by atoms with Gasteiger partial charge in [0.2, 0.25) is 0 Å². The fourth-order valence-electron chi connectivity index (χ4n) is 4.59. The first-order valence-electron chi connectivity index (χ1n) is 8.75. The van der Waals surface area contributed by atoms with E-state index in [2.05, 4.69) is 30.9 Å². The first-order chi connectivity index (χ1) is 11.1. The molecule has 1 aromatic rings. The monoisotopic (exact) mass is 315 g/mol. The molecule has 1 aromatic carbocycles. The number of likely N-dealkylation sites (tertiary alicyclic amines) is 1. The van der Waals surface area contributed by atoms with E-state index < -0.39 is 0 Å². The Hall–Kier alpha value is -1.16. The minimum Gasteiger partial charge on any atom is -0.396 e. The fourth-order valence-corrected chi connectivity index (χ4v) is 4.59. The highest BCUT2D eigenvalue weighted by molar-refractivity contribution is 5.22. The fraction of sp³-hybridized carbons (Fsp3) is 0.600. The summed E-state index contributed by atoms with van der Waals surface area (Å²) in [5, 5.41) is 20.2. The van der Waals surface area contributed by atoms with Gasteiger partial charge in [0.15, 0.2) is 0 Å². The van der Waals surface area contributed by atoms with Crippen LogP contribution in [0.4, 0.5) is 0 Å². The summed E-state index contributed by atoms with van der Waals surface area (Å²) >= 11 is 0. The van der Waals surface area contributed by atoms with Crippen molar-refractivity contribution in [1.82, 2.24) is 4.90 Å². The second-order valence-electron chi connectivity index (χ2n) is 7.53. The number of hydrogen-bond acceptors (Lipinski definition) is 3. The first kappa shape index (κ1) is 16.7. The summed E-state index contributed by atoms with van der Waals surface area (Å²) < 4.78 is 0. The van der Waals surface area contributed by atoms with Crippen LogP contribution in [0.25, 0.3) is 0 Å². The molecule has 3 heteroatoms. The van der Waals surface area contributed by atoms with Crippen molar-refractivity contribution in [1.29, 1.82) is 0 Å². The molecule has 3 nitrogen and oxygen atoms in total. The quantitative estimate of drug-likeness (QED) is 0.839. The second kappa shape index (κ2) is 6.76. The lowest BCUT2D eigenvalue weighted by molar-refractivity contribution is -0.0473. The average molecular weight is 315 g/mol. The van der Waals surface area contributed by atoms with Crippen molar-refractivity contribution in [2.24, 2.45) is 11.3 Å². The van der Waals surface area contributed by atoms with Crippen LogP contribution < -0.4 is 0 Å². The van der Waals surface area contributed by atoms with Gasteiger partial charge in [0.25, 0.3) is 0 Å². The molecule has 0 unspecified atom stereocenters. The number of allylic oxidation sites excluding steroid dienone is 2. The summed E-state index contributed by atoms with van der Waals surface area (Å²) in [6.45, 7) is 6.69. The van der Waals surface area contributed by atoms with Gasteiger partial charge >= 0.3 is 0 Å². The van der Waals surface area contributed by atoms with Crippen LogP contribution in [0.15, 0.2) is 41.5 Å². The summed E-state index contributed by atoms with van der Waals surface area (Å²) in [6.07, 6.45) is 3.22. The predicted molar refractivity (Wildman–Crippen MR) is 93.1 cm³/mol. The van der Waals surface area contributed by atoms with Gasteiger partial charge in [-0.15, -0.1) is 0 Å². The number of nitrogens with zero attached hydrogens (tertiary/aromatic N) is 1. The van der Waals surface area contributed by atoms with Crippen molar-refractivity contribution in [2.75, 3.05) is 26.3 Å². The van der Waals surface area contributed by atoms with Gasteiger partial charge < -0.3 is 10.2 Å². The van der Waals surface area contributed by atoms with E-state index in [1.54, 1.807) is 0 Å². The first-order valence-corrected chi connectivity index (χ1v) is 8.75. The molecule has 1 aliphatic carbocycles. The van der Waals surface area contributed by atoms with E-state index in [0.717, 1.165) is 32.4 Å². The zero-order valence-electron chi connectivity index (χ0n) is 14.3. The number of aliphatic hydroxyl groups excluding tert-OH is 2. The van der Waals surface area contributed by atoms with Gasteiger partial charge in [0.1, 0.15) is 0 Å². The largest absolute Gasteiger partial charge is 0.396 e. The molecule has 1 fully saturated rings. The molecule has 0 spiro atoms. The topological polar surface area (TPSA) is 43.7 Å². The molecule has 3 rings (SSSR count). The molecular formula is C20H29NO2. The van der Waals surface area contributed by atoms with Gasteiger partial charge in [-0.25, -0.2) is 0 Å². The van der Waals surface area contributed by atoms with E-state index in [0.29, 0.717) is 5.92 Å². The van der Waals surface area contributed by atoms with Crippen LogP contribution in [-0.2, 0) is 0 Å². The summed E-state index contributed by atoms with van der Waals surface area (Å²) in [6, 6.07) is 10.3. The Morgan fingerprint density at radius 3 is 2.57 bits per heavy atom. The number of aliphatic hydroxyl groups is 2. The third-order valence-corrected chi connectivity index (χ3v) is 6.16. The maximum atomic E-state index is 10.2. The summed E-state index contributed by atoms with van der Waals surface area (Å²) in [7, 11) is 0. The molecule has 0 radical (unpaired) electrons. The predicted octanol–water partition coefficient (Wildman–Crippen LogP) is 3.15. The number of rotatable bonds is 4. The molecular weight excluding hydrogens is 286 g/mol. The summed E-state index contributed by atoms with van der Waals surface area (Å²) in [4.78, 5) is 2.38. The van der Waals surface area contributed by atoms with Crippen molar-refractivity contribution < 1.29 is 10.2 Å². The van der Waals surface area contributed by atoms with Crippen LogP contribution in [0, 0.1) is 11.3 Å². The summed E-state index contributed by atoms with van der Waals surface area (Å²) in [5.41, 5.74) is 4.08. The minimum absolute atomic E-state index is 0.0351. The van der Waals surface area contributed by atoms with E-state index in [-0.39, 0.29) is 24.7 Å². The number of piperidine rings is 1. The van der Waals surface area contributed by atoms with E-state index in [4.69, 9.17) is 0 Å². The second-order valence-corrected chi connectivity index (χ2v) is 7.53. The Morgan fingerprint density at radius 2 is 1.91 bits per heavy atom. The molecule has 1 saturated heterocycles. The number of hydrogen-bond donors (Lipinski definition) is 2.